The van der Waals surface area contributed by atoms with E-state index in [-0.39, 0.29) is 11.1 Å². The molecule has 0 saturated carbocycles. The number of hydrogen-bond donors (Lipinski definition) is 1. The zero-order chi connectivity index (χ0) is 15.7. The molecule has 3 nitrogen and oxygen atoms in total. The predicted octanol–water partition coefficient (Wildman–Crippen LogP) is 4.36. The van der Waals surface area contributed by atoms with E-state index in [0.717, 1.165) is 22.4 Å². The Morgan fingerprint density at radius 2 is 1.73 bits per heavy atom. The highest BCUT2D eigenvalue weighted by molar-refractivity contribution is 8.19. The lowest BCUT2D eigenvalue weighted by atomic mass is 10.1. The maximum Gasteiger partial charge on any atom is 0.271 e. The Bertz CT molecular complexity index is 778. The Labute approximate surface area is 134 Å². The van der Waals surface area contributed by atoms with Crippen molar-refractivity contribution in [2.24, 2.45) is 0 Å². The number of carbonyl (C=O) groups is 1. The van der Waals surface area contributed by atoms with E-state index in [1.807, 2.05) is 68.5 Å². The summed E-state index contributed by atoms with van der Waals surface area (Å²) in [5.41, 5.74) is 3.99. The standard InChI is InChI=1S/C18H16N2OS/c1-12-7-9-15(10-8-12)20-17(21)16(22-18(20)19)11-14-6-4-3-5-13(14)2/h3-11,19H,1-2H3/b16-11-,19-18?. The minimum atomic E-state index is -0.137. The van der Waals surface area contributed by atoms with Crippen LogP contribution >= 0.6 is 11.8 Å². The molecule has 1 saturated heterocycles. The van der Waals surface area contributed by atoms with Crippen LogP contribution in [0.15, 0.2) is 53.4 Å². The van der Waals surface area contributed by atoms with E-state index in [2.05, 4.69) is 0 Å². The molecule has 2 aromatic rings. The van der Waals surface area contributed by atoms with Crippen LogP contribution in [-0.4, -0.2) is 11.1 Å². The molecule has 1 aliphatic heterocycles. The molecule has 1 heterocycles. The summed E-state index contributed by atoms with van der Waals surface area (Å²) in [5.74, 6) is -0.137. The SMILES string of the molecule is Cc1ccc(N2C(=N)S/C(=C\c3ccccc3C)C2=O)cc1. The minimum Gasteiger partial charge on any atom is -0.278 e. The first-order valence-corrected chi connectivity index (χ1v) is 7.83. The Hall–Kier alpha value is -2.33. The molecule has 0 bridgehead atoms. The molecule has 22 heavy (non-hydrogen) atoms. The van der Waals surface area contributed by atoms with Crippen molar-refractivity contribution < 1.29 is 4.79 Å². The van der Waals surface area contributed by atoms with Gasteiger partial charge in [-0.15, -0.1) is 0 Å². The van der Waals surface area contributed by atoms with E-state index in [1.165, 1.54) is 16.7 Å². The van der Waals surface area contributed by atoms with E-state index < -0.39 is 0 Å². The number of aryl methyl sites for hydroxylation is 2. The number of amidine groups is 1. The largest absolute Gasteiger partial charge is 0.278 e. The van der Waals surface area contributed by atoms with Crippen molar-refractivity contribution in [1.82, 2.24) is 0 Å². The number of hydrogen-bond acceptors (Lipinski definition) is 3. The first kappa shape index (κ1) is 14.6. The molecule has 1 aliphatic rings. The molecule has 3 rings (SSSR count). The lowest BCUT2D eigenvalue weighted by Crippen LogP contribution is -2.28. The van der Waals surface area contributed by atoms with E-state index in [1.54, 1.807) is 0 Å². The number of nitrogens with zero attached hydrogens (tertiary/aromatic N) is 1. The molecule has 0 aromatic heterocycles. The molecule has 0 unspecified atom stereocenters. The van der Waals surface area contributed by atoms with Crippen molar-refractivity contribution >= 4 is 34.6 Å². The number of carbonyl (C=O) groups excluding carboxylic acids is 1. The number of thioether (sulfide) groups is 1. The lowest BCUT2D eigenvalue weighted by molar-refractivity contribution is -0.113. The average Bonchev–Trinajstić information content (AvgIpc) is 2.77. The summed E-state index contributed by atoms with van der Waals surface area (Å²) in [6, 6.07) is 15.6. The molecule has 0 spiro atoms. The first-order valence-electron chi connectivity index (χ1n) is 7.01. The van der Waals surface area contributed by atoms with Crippen LogP contribution in [0.2, 0.25) is 0 Å². The molecule has 0 aliphatic carbocycles. The van der Waals surface area contributed by atoms with Gasteiger partial charge in [-0.25, -0.2) is 0 Å². The van der Waals surface area contributed by atoms with Gasteiger partial charge in [0.05, 0.1) is 10.6 Å². The second kappa shape index (κ2) is 5.81. The Morgan fingerprint density at radius 1 is 1.05 bits per heavy atom. The molecule has 2 aromatic carbocycles. The van der Waals surface area contributed by atoms with E-state index in [4.69, 9.17) is 5.41 Å². The first-order chi connectivity index (χ1) is 10.6. The van der Waals surface area contributed by atoms with Crippen LogP contribution in [0.5, 0.6) is 0 Å². The number of anilines is 1. The highest BCUT2D eigenvalue weighted by Gasteiger charge is 2.33. The molecule has 1 fully saturated rings. The molecular weight excluding hydrogens is 292 g/mol. The number of nitrogens with one attached hydrogen (secondary N) is 1. The van der Waals surface area contributed by atoms with Gasteiger partial charge in [0.2, 0.25) is 0 Å². The van der Waals surface area contributed by atoms with E-state index >= 15 is 0 Å². The smallest absolute Gasteiger partial charge is 0.271 e. The summed E-state index contributed by atoms with van der Waals surface area (Å²) in [7, 11) is 0. The van der Waals surface area contributed by atoms with Gasteiger partial charge in [0, 0.05) is 0 Å². The van der Waals surface area contributed by atoms with Crippen LogP contribution in [0, 0.1) is 19.3 Å². The number of amides is 1. The summed E-state index contributed by atoms with van der Waals surface area (Å²) in [4.78, 5) is 14.6. The molecule has 1 N–H and O–H groups in total. The van der Waals surface area contributed by atoms with Gasteiger partial charge in [0.25, 0.3) is 5.91 Å². The third kappa shape index (κ3) is 2.70. The zero-order valence-electron chi connectivity index (χ0n) is 12.5. The number of rotatable bonds is 2. The Balaban J connectivity index is 1.95. The van der Waals surface area contributed by atoms with E-state index in [9.17, 15) is 4.79 Å². The molecule has 110 valence electrons. The average molecular weight is 308 g/mol. The fraction of sp³-hybridized carbons (Fsp3) is 0.111. The summed E-state index contributed by atoms with van der Waals surface area (Å²) >= 11 is 1.21. The topological polar surface area (TPSA) is 44.2 Å². The maximum atomic E-state index is 12.6. The van der Waals surface area contributed by atoms with Gasteiger partial charge in [0.1, 0.15) is 0 Å². The van der Waals surface area contributed by atoms with Crippen molar-refractivity contribution in [3.8, 4) is 0 Å². The molecule has 1 amide bonds. The molecular formula is C18H16N2OS. The molecule has 0 atom stereocenters. The summed E-state index contributed by atoms with van der Waals surface area (Å²) in [6.45, 7) is 4.01. The molecule has 4 heteroatoms. The minimum absolute atomic E-state index is 0.137. The summed E-state index contributed by atoms with van der Waals surface area (Å²) in [6.07, 6.45) is 1.87. The van der Waals surface area contributed by atoms with Gasteiger partial charge in [-0.2, -0.15) is 0 Å². The highest BCUT2D eigenvalue weighted by Crippen LogP contribution is 2.35. The molecule has 0 radical (unpaired) electrons. The quantitative estimate of drug-likeness (QED) is 0.838. The predicted molar refractivity (Wildman–Crippen MR) is 93.1 cm³/mol. The Kier molecular flexibility index (Phi) is 3.86. The van der Waals surface area contributed by atoms with Gasteiger partial charge in [-0.05, 0) is 54.9 Å². The second-order valence-corrected chi connectivity index (χ2v) is 6.28. The van der Waals surface area contributed by atoms with Crippen LogP contribution < -0.4 is 4.90 Å². The maximum absolute atomic E-state index is 12.6. The van der Waals surface area contributed by atoms with Gasteiger partial charge in [-0.1, -0.05) is 42.0 Å². The third-order valence-electron chi connectivity index (χ3n) is 3.59. The van der Waals surface area contributed by atoms with Crippen LogP contribution in [0.25, 0.3) is 6.08 Å². The third-order valence-corrected chi connectivity index (χ3v) is 4.48. The van der Waals surface area contributed by atoms with Crippen molar-refractivity contribution in [2.45, 2.75) is 13.8 Å². The lowest BCUT2D eigenvalue weighted by Gasteiger charge is -2.14. The van der Waals surface area contributed by atoms with Crippen LogP contribution in [0.4, 0.5) is 5.69 Å². The van der Waals surface area contributed by atoms with Crippen LogP contribution in [0.1, 0.15) is 16.7 Å². The summed E-state index contributed by atoms with van der Waals surface area (Å²) in [5, 5.41) is 8.35. The monoisotopic (exact) mass is 308 g/mol. The number of benzene rings is 2. The van der Waals surface area contributed by atoms with Gasteiger partial charge >= 0.3 is 0 Å². The summed E-state index contributed by atoms with van der Waals surface area (Å²) < 4.78 is 0. The van der Waals surface area contributed by atoms with Crippen molar-refractivity contribution in [3.05, 3.63) is 70.1 Å². The van der Waals surface area contributed by atoms with Gasteiger partial charge in [-0.3, -0.25) is 15.1 Å². The van der Waals surface area contributed by atoms with E-state index in [0.29, 0.717) is 4.91 Å². The van der Waals surface area contributed by atoms with Gasteiger partial charge < -0.3 is 0 Å². The Morgan fingerprint density at radius 3 is 2.41 bits per heavy atom. The fourth-order valence-electron chi connectivity index (χ4n) is 2.31. The normalized spacial score (nSPS) is 16.6. The van der Waals surface area contributed by atoms with Crippen molar-refractivity contribution in [1.29, 1.82) is 5.41 Å². The fourth-order valence-corrected chi connectivity index (χ4v) is 3.16. The zero-order valence-corrected chi connectivity index (χ0v) is 13.3. The van der Waals surface area contributed by atoms with Gasteiger partial charge in [0.15, 0.2) is 5.17 Å². The highest BCUT2D eigenvalue weighted by atomic mass is 32.2. The second-order valence-electron chi connectivity index (χ2n) is 5.25. The van der Waals surface area contributed by atoms with Crippen LogP contribution in [-0.2, 0) is 4.79 Å². The van der Waals surface area contributed by atoms with Crippen molar-refractivity contribution in [3.63, 3.8) is 0 Å². The van der Waals surface area contributed by atoms with Crippen molar-refractivity contribution in [2.75, 3.05) is 4.90 Å². The van der Waals surface area contributed by atoms with Crippen LogP contribution in [0.3, 0.4) is 0 Å².